The van der Waals surface area contributed by atoms with Crippen LogP contribution >= 0.6 is 0 Å². The smallest absolute Gasteiger partial charge is 0.252 e. The number of rotatable bonds is 7. The molecule has 3 atom stereocenters. The summed E-state index contributed by atoms with van der Waals surface area (Å²) in [6.07, 6.45) is 4.14. The van der Waals surface area contributed by atoms with Crippen LogP contribution in [-0.2, 0) is 20.0 Å². The predicted octanol–water partition coefficient (Wildman–Crippen LogP) is 3.77. The maximum absolute atomic E-state index is 12.8. The summed E-state index contributed by atoms with van der Waals surface area (Å²) in [6, 6.07) is 15.2. The van der Waals surface area contributed by atoms with E-state index in [-0.39, 0.29) is 24.2 Å². The van der Waals surface area contributed by atoms with Gasteiger partial charge < -0.3 is 9.47 Å². The van der Waals surface area contributed by atoms with Gasteiger partial charge in [0.05, 0.1) is 36.0 Å². The van der Waals surface area contributed by atoms with Gasteiger partial charge in [0.2, 0.25) is 0 Å². The number of nitrogens with zero attached hydrogens (tertiary/aromatic N) is 7. The lowest BCUT2D eigenvalue weighted by Gasteiger charge is -2.49. The molecular formula is C27H33N7O. The van der Waals surface area contributed by atoms with E-state index in [0.29, 0.717) is 12.5 Å². The van der Waals surface area contributed by atoms with E-state index in [2.05, 4.69) is 72.1 Å². The maximum atomic E-state index is 12.8. The van der Waals surface area contributed by atoms with Gasteiger partial charge in [-0.1, -0.05) is 38.1 Å². The summed E-state index contributed by atoms with van der Waals surface area (Å²) in [5, 5.41) is 22.8. The fourth-order valence-corrected chi connectivity index (χ4v) is 5.26. The van der Waals surface area contributed by atoms with E-state index in [9.17, 15) is 4.79 Å². The minimum atomic E-state index is -0.0693. The number of pyridine rings is 1. The molecule has 3 heterocycles. The van der Waals surface area contributed by atoms with Crippen LogP contribution in [0.3, 0.4) is 0 Å². The quantitative estimate of drug-likeness (QED) is 0.521. The molecule has 35 heavy (non-hydrogen) atoms. The van der Waals surface area contributed by atoms with Gasteiger partial charge in [0, 0.05) is 44.3 Å². The zero-order valence-electron chi connectivity index (χ0n) is 21.0. The lowest BCUT2D eigenvalue weighted by atomic mass is 9.96. The van der Waals surface area contributed by atoms with Crippen molar-refractivity contribution in [3.8, 4) is 12.1 Å². The third-order valence-electron chi connectivity index (χ3n) is 7.40. The first-order chi connectivity index (χ1) is 16.9. The zero-order valence-corrected chi connectivity index (χ0v) is 21.0. The summed E-state index contributed by atoms with van der Waals surface area (Å²) < 4.78 is 3.21. The second-order valence-corrected chi connectivity index (χ2v) is 9.37. The molecule has 1 aromatic carbocycles. The topological polar surface area (TPSA) is 93.9 Å². The molecule has 0 saturated carbocycles. The van der Waals surface area contributed by atoms with Gasteiger partial charge in [-0.05, 0) is 30.9 Å². The standard InChI is InChI=1S/C27H33N7O/c1-5-22-17-34(24-15-26(35)31(4)25-18-32(14-13-29)30-27(24)25)23(6-2)16-33(22)19(3)21-9-7-20(8-10-21)11-12-28/h7-10,15,18-19,22-23H,5-6,11,14,16-17H2,1-4H3/t19?,22-,23+/m1/s1. The van der Waals surface area contributed by atoms with Gasteiger partial charge in [0.1, 0.15) is 12.1 Å². The van der Waals surface area contributed by atoms with Crippen LogP contribution < -0.4 is 10.5 Å². The molecule has 3 aromatic rings. The Labute approximate surface area is 206 Å². The van der Waals surface area contributed by atoms with E-state index in [1.807, 2.05) is 0 Å². The van der Waals surface area contributed by atoms with Crippen molar-refractivity contribution in [3.05, 3.63) is 58.0 Å². The van der Waals surface area contributed by atoms with Gasteiger partial charge >= 0.3 is 0 Å². The first kappa shape index (κ1) is 24.5. The minimum absolute atomic E-state index is 0.0693. The lowest BCUT2D eigenvalue weighted by Crippen LogP contribution is -2.58. The average Bonchev–Trinajstić information content (AvgIpc) is 3.30. The number of piperazine rings is 1. The fraction of sp³-hybridized carbons (Fsp3) is 0.481. The summed E-state index contributed by atoms with van der Waals surface area (Å²) in [7, 11) is 1.75. The Balaban J connectivity index is 1.68. The SMILES string of the molecule is CC[C@H]1CN(C(C)c2ccc(CC#N)cc2)[C@H](CC)CN1c1cc(=O)n(C)c2cn(CC#N)nc12. The maximum Gasteiger partial charge on any atom is 0.252 e. The van der Waals surface area contributed by atoms with Crippen molar-refractivity contribution in [1.29, 1.82) is 10.5 Å². The predicted molar refractivity (Wildman–Crippen MR) is 137 cm³/mol. The Morgan fingerprint density at radius 1 is 1.09 bits per heavy atom. The van der Waals surface area contributed by atoms with Crippen molar-refractivity contribution in [1.82, 2.24) is 19.2 Å². The molecule has 8 heteroatoms. The number of hydrogen-bond donors (Lipinski definition) is 0. The highest BCUT2D eigenvalue weighted by atomic mass is 16.1. The van der Waals surface area contributed by atoms with Gasteiger partial charge in [0.15, 0.2) is 0 Å². The molecule has 1 fully saturated rings. The highest BCUT2D eigenvalue weighted by Gasteiger charge is 2.36. The van der Waals surface area contributed by atoms with Gasteiger partial charge in [0.25, 0.3) is 5.56 Å². The lowest BCUT2D eigenvalue weighted by molar-refractivity contribution is 0.101. The Bertz CT molecular complexity index is 1330. The third-order valence-corrected chi connectivity index (χ3v) is 7.40. The van der Waals surface area contributed by atoms with E-state index in [1.54, 1.807) is 28.6 Å². The molecule has 0 spiro atoms. The molecule has 0 bridgehead atoms. The van der Waals surface area contributed by atoms with Crippen molar-refractivity contribution in [2.75, 3.05) is 18.0 Å². The molecule has 2 aromatic heterocycles. The first-order valence-electron chi connectivity index (χ1n) is 12.3. The first-order valence-corrected chi connectivity index (χ1v) is 12.3. The van der Waals surface area contributed by atoms with Crippen LogP contribution in [0, 0.1) is 22.7 Å². The summed E-state index contributed by atoms with van der Waals surface area (Å²) in [5.74, 6) is 0. The van der Waals surface area contributed by atoms with Crippen LogP contribution in [-0.4, -0.2) is 44.4 Å². The molecule has 1 saturated heterocycles. The van der Waals surface area contributed by atoms with Crippen LogP contribution in [0.4, 0.5) is 5.69 Å². The number of anilines is 1. The van der Waals surface area contributed by atoms with Crippen molar-refractivity contribution in [2.45, 2.75) is 64.7 Å². The molecule has 0 radical (unpaired) electrons. The number of nitriles is 2. The number of benzene rings is 1. The van der Waals surface area contributed by atoms with Crippen LogP contribution in [0.25, 0.3) is 11.0 Å². The molecule has 182 valence electrons. The van der Waals surface area contributed by atoms with Crippen LogP contribution in [0.2, 0.25) is 0 Å². The molecular weight excluding hydrogens is 438 g/mol. The number of aromatic nitrogens is 3. The molecule has 1 unspecified atom stereocenters. The summed E-state index contributed by atoms with van der Waals surface area (Å²) in [4.78, 5) is 17.8. The second kappa shape index (κ2) is 10.3. The molecule has 1 aliphatic rings. The second-order valence-electron chi connectivity index (χ2n) is 9.37. The number of aryl methyl sites for hydroxylation is 1. The van der Waals surface area contributed by atoms with Gasteiger partial charge in [-0.25, -0.2) is 0 Å². The van der Waals surface area contributed by atoms with Gasteiger partial charge in [-0.3, -0.25) is 14.4 Å². The fourth-order valence-electron chi connectivity index (χ4n) is 5.26. The monoisotopic (exact) mass is 471 g/mol. The average molecular weight is 472 g/mol. The molecule has 8 nitrogen and oxygen atoms in total. The Kier molecular flexibility index (Phi) is 7.23. The normalized spacial score (nSPS) is 19.4. The largest absolute Gasteiger partial charge is 0.364 e. The molecule has 0 N–H and O–H groups in total. The Morgan fingerprint density at radius 2 is 1.80 bits per heavy atom. The summed E-state index contributed by atoms with van der Waals surface area (Å²) in [5.41, 5.74) is 4.60. The zero-order chi connectivity index (χ0) is 25.1. The summed E-state index contributed by atoms with van der Waals surface area (Å²) >= 11 is 0. The summed E-state index contributed by atoms with van der Waals surface area (Å²) in [6.45, 7) is 8.49. The van der Waals surface area contributed by atoms with E-state index in [0.717, 1.165) is 48.2 Å². The van der Waals surface area contributed by atoms with Crippen LogP contribution in [0.15, 0.2) is 41.3 Å². The van der Waals surface area contributed by atoms with Crippen LogP contribution in [0.5, 0.6) is 0 Å². The van der Waals surface area contributed by atoms with Gasteiger partial charge in [-0.15, -0.1) is 0 Å². The minimum Gasteiger partial charge on any atom is -0.364 e. The van der Waals surface area contributed by atoms with E-state index < -0.39 is 0 Å². The molecule has 0 aliphatic carbocycles. The highest BCUT2D eigenvalue weighted by molar-refractivity contribution is 5.88. The van der Waals surface area contributed by atoms with Crippen molar-refractivity contribution in [2.24, 2.45) is 7.05 Å². The van der Waals surface area contributed by atoms with Gasteiger partial charge in [-0.2, -0.15) is 15.6 Å². The molecule has 0 amide bonds. The third kappa shape index (κ3) is 4.67. The van der Waals surface area contributed by atoms with E-state index in [4.69, 9.17) is 10.5 Å². The van der Waals surface area contributed by atoms with Crippen molar-refractivity contribution in [3.63, 3.8) is 0 Å². The van der Waals surface area contributed by atoms with Crippen LogP contribution in [0.1, 0.15) is 50.8 Å². The highest BCUT2D eigenvalue weighted by Crippen LogP contribution is 2.34. The number of hydrogen-bond acceptors (Lipinski definition) is 6. The van der Waals surface area contributed by atoms with E-state index in [1.165, 1.54) is 5.56 Å². The molecule has 1 aliphatic heterocycles. The van der Waals surface area contributed by atoms with E-state index >= 15 is 0 Å². The molecule has 4 rings (SSSR count). The number of fused-ring (bicyclic) bond motifs is 1. The Morgan fingerprint density at radius 3 is 2.43 bits per heavy atom. The van der Waals surface area contributed by atoms with Crippen molar-refractivity contribution >= 4 is 16.7 Å². The Hall–Kier alpha value is -3.62. The van der Waals surface area contributed by atoms with Crippen molar-refractivity contribution < 1.29 is 0 Å².